The van der Waals surface area contributed by atoms with E-state index in [1.54, 1.807) is 0 Å². The van der Waals surface area contributed by atoms with E-state index in [0.29, 0.717) is 0 Å². The molecule has 0 radical (unpaired) electrons. The molecule has 0 rings (SSSR count). The molecule has 56 valence electrons. The fourth-order valence-corrected chi connectivity index (χ4v) is 3.77. The van der Waals surface area contributed by atoms with Crippen LogP contribution in [-0.2, 0) is 69.6 Å². The summed E-state index contributed by atoms with van der Waals surface area (Å²) in [7, 11) is 0. The van der Waals surface area contributed by atoms with Crippen LogP contribution < -0.4 is 66.5 Å². The Hall–Kier alpha value is 3.38. The van der Waals surface area contributed by atoms with Crippen molar-refractivity contribution in [3.8, 4) is 0 Å². The monoisotopic (exact) mass is 302 g/mol. The molecule has 0 aromatic rings. The molecule has 0 heterocycles. The van der Waals surface area contributed by atoms with Crippen molar-refractivity contribution >= 4 is 0 Å². The van der Waals surface area contributed by atoms with Gasteiger partial charge in [0.2, 0.25) is 0 Å². The molecule has 0 unspecified atom stereocenters. The fourth-order valence-electron chi connectivity index (χ4n) is 0.157. The van der Waals surface area contributed by atoms with Gasteiger partial charge in [0.25, 0.3) is 0 Å². The molecule has 0 aromatic heterocycles. The van der Waals surface area contributed by atoms with Gasteiger partial charge in [-0.3, -0.25) is 0 Å². The molecule has 0 aliphatic heterocycles. The molecule has 0 aliphatic rings. The van der Waals surface area contributed by atoms with Crippen molar-refractivity contribution in [2.24, 2.45) is 0 Å². The van der Waals surface area contributed by atoms with Gasteiger partial charge in [-0.2, -0.15) is 0 Å². The summed E-state index contributed by atoms with van der Waals surface area (Å²) >= 11 is -12.2. The van der Waals surface area contributed by atoms with E-state index < -0.39 is 55.8 Å². The van der Waals surface area contributed by atoms with E-state index >= 15 is 0 Å². The van der Waals surface area contributed by atoms with E-state index in [2.05, 4.69) is 3.80 Å². The van der Waals surface area contributed by atoms with Gasteiger partial charge in [0.15, 0.2) is 0 Å². The second-order valence-corrected chi connectivity index (χ2v) is 6.56. The summed E-state index contributed by atoms with van der Waals surface area (Å²) in [4.78, 5) is 0. The molecule has 12 heavy (non-hydrogen) atoms. The van der Waals surface area contributed by atoms with Gasteiger partial charge in [-0.25, -0.2) is 0 Å². The Morgan fingerprint density at radius 3 is 1.25 bits per heavy atom. The van der Waals surface area contributed by atoms with Crippen LogP contribution in [0.3, 0.4) is 0 Å². The summed E-state index contributed by atoms with van der Waals surface area (Å²) in [5.74, 6) is 0. The van der Waals surface area contributed by atoms with Gasteiger partial charge >= 0.3 is 136 Å². The van der Waals surface area contributed by atoms with Gasteiger partial charge in [0.1, 0.15) is 0 Å². The van der Waals surface area contributed by atoms with Crippen molar-refractivity contribution in [1.82, 2.24) is 0 Å². The van der Waals surface area contributed by atoms with E-state index in [0.717, 1.165) is 0 Å². The van der Waals surface area contributed by atoms with Crippen LogP contribution in [0.25, 0.3) is 0 Å². The average molecular weight is 302 g/mol. The summed E-state index contributed by atoms with van der Waals surface area (Å²) in [5.41, 5.74) is 0. The van der Waals surface area contributed by atoms with E-state index in [4.69, 9.17) is 0 Å². The Balaban J connectivity index is -0.000000405. The summed E-state index contributed by atoms with van der Waals surface area (Å²) in [6.07, 6.45) is 0. The first-order valence-corrected chi connectivity index (χ1v) is 7.57. The first-order chi connectivity index (χ1) is 4.52. The zero-order valence-electron chi connectivity index (χ0n) is 6.36. The Morgan fingerprint density at radius 2 is 1.08 bits per heavy atom. The van der Waals surface area contributed by atoms with Crippen molar-refractivity contribution < 1.29 is 136 Å². The molecule has 12 heteroatoms. The Kier molecular flexibility index (Phi) is 21.5. The average Bonchev–Trinajstić information content (AvgIpc) is 1.58. The van der Waals surface area contributed by atoms with Gasteiger partial charge in [0, 0.05) is 0 Å². The topological polar surface area (TPSA) is 116 Å². The Labute approximate surface area is 133 Å². The van der Waals surface area contributed by atoms with E-state index in [-0.39, 0.29) is 59.1 Å². The third-order valence-corrected chi connectivity index (χ3v) is 5.67. The minimum atomic E-state index is -4.13. The molecule has 0 bridgehead atoms. The van der Waals surface area contributed by atoms with Crippen LogP contribution in [0.1, 0.15) is 0 Å². The van der Waals surface area contributed by atoms with Crippen molar-refractivity contribution in [3.63, 3.8) is 0 Å². The summed E-state index contributed by atoms with van der Waals surface area (Å²) in [6.45, 7) is 0. The second-order valence-electron chi connectivity index (χ2n) is 0.954. The van der Waals surface area contributed by atoms with Gasteiger partial charge in [-0.15, -0.1) is 0 Å². The van der Waals surface area contributed by atoms with Crippen LogP contribution in [0.5, 0.6) is 0 Å². The standard InChI is InChI=1S/2Na.7O.3Ti/q2*+1;;;;;;2*-1;;;. The number of hydrogen-bond acceptors (Lipinski definition) is 7. The zero-order valence-corrected chi connectivity index (χ0v) is 15.0. The quantitative estimate of drug-likeness (QED) is 0.473. The molecule has 0 saturated carbocycles. The fraction of sp³-hybridized carbons (Fsp3) is 0. The minimum absolute atomic E-state index is 0. The molecular weight excluding hydrogens is 302 g/mol. The molecule has 0 aliphatic carbocycles. The molecular formula is Na2O7Ti3. The molecule has 0 fully saturated rings. The van der Waals surface area contributed by atoms with Gasteiger partial charge < -0.3 is 0 Å². The van der Waals surface area contributed by atoms with Crippen molar-refractivity contribution in [2.45, 2.75) is 0 Å². The van der Waals surface area contributed by atoms with Gasteiger partial charge in [-0.05, 0) is 0 Å². The molecule has 0 saturated heterocycles. The summed E-state index contributed by atoms with van der Waals surface area (Å²) in [5, 5.41) is 0. The molecule has 0 N–H and O–H groups in total. The van der Waals surface area contributed by atoms with E-state index in [1.807, 2.05) is 0 Å². The molecule has 0 atom stereocenters. The third-order valence-electron chi connectivity index (χ3n) is 0.333. The van der Waals surface area contributed by atoms with Crippen LogP contribution in [0.15, 0.2) is 0 Å². The van der Waals surface area contributed by atoms with Crippen molar-refractivity contribution in [3.05, 3.63) is 0 Å². The SMILES string of the molecule is [Na+].[Na+].[O]=[Ti]([O-])[O][Ti](=[O])[O][Ti](=[O])[O-]. The van der Waals surface area contributed by atoms with Crippen LogP contribution in [0, 0.1) is 0 Å². The Bertz CT molecular complexity index is 159. The predicted molar refractivity (Wildman–Crippen MR) is 4.23 cm³/mol. The zero-order chi connectivity index (χ0) is 8.15. The predicted octanol–water partition coefficient (Wildman–Crippen LogP) is -8.87. The van der Waals surface area contributed by atoms with E-state index in [9.17, 15) is 17.3 Å². The molecule has 0 amide bonds. The maximum absolute atomic E-state index is 10.2. The van der Waals surface area contributed by atoms with Crippen LogP contribution in [-0.4, -0.2) is 0 Å². The van der Waals surface area contributed by atoms with E-state index in [1.165, 1.54) is 0 Å². The van der Waals surface area contributed by atoms with Crippen molar-refractivity contribution in [1.29, 1.82) is 0 Å². The normalized spacial score (nSPS) is 7.50. The van der Waals surface area contributed by atoms with Crippen LogP contribution in [0.4, 0.5) is 0 Å². The molecule has 0 spiro atoms. The van der Waals surface area contributed by atoms with Crippen LogP contribution in [0.2, 0.25) is 0 Å². The van der Waals surface area contributed by atoms with Gasteiger partial charge in [0.05, 0.1) is 0 Å². The number of rotatable bonds is 4. The van der Waals surface area contributed by atoms with Crippen LogP contribution >= 0.6 is 0 Å². The second kappa shape index (κ2) is 12.5. The third kappa shape index (κ3) is 15.8. The first kappa shape index (κ1) is 20.8. The van der Waals surface area contributed by atoms with Gasteiger partial charge in [-0.1, -0.05) is 0 Å². The maximum atomic E-state index is 10.2. The Morgan fingerprint density at radius 1 is 0.833 bits per heavy atom. The number of hydrogen-bond donors (Lipinski definition) is 0. The molecule has 0 aromatic carbocycles. The first-order valence-electron chi connectivity index (χ1n) is 1.84. The summed E-state index contributed by atoms with van der Waals surface area (Å²) < 4.78 is 56.2. The summed E-state index contributed by atoms with van der Waals surface area (Å²) in [6, 6.07) is 0. The molecule has 7 nitrogen and oxygen atoms in total. The van der Waals surface area contributed by atoms with Crippen molar-refractivity contribution in [2.75, 3.05) is 0 Å².